The van der Waals surface area contributed by atoms with Gasteiger partial charge in [-0.25, -0.2) is 4.99 Å². The third-order valence-corrected chi connectivity index (χ3v) is 6.61. The number of hydrogen-bond donors (Lipinski definition) is 1. The molecule has 1 spiro atoms. The fourth-order valence-corrected chi connectivity index (χ4v) is 4.36. The second kappa shape index (κ2) is 10.8. The Morgan fingerprint density at radius 3 is 2.55 bits per heavy atom. The summed E-state index contributed by atoms with van der Waals surface area (Å²) in [5.74, 6) is 0.173. The fourth-order valence-electron chi connectivity index (χ4n) is 4.06. The molecule has 0 unspecified atom stereocenters. The highest BCUT2D eigenvalue weighted by atomic mass is 32.1. The third kappa shape index (κ3) is 5.89. The molecule has 2 saturated heterocycles. The van der Waals surface area contributed by atoms with Crippen LogP contribution in [0.2, 0.25) is 0 Å². The number of nitrogens with one attached hydrogen (secondary N) is 1. The average Bonchev–Trinajstić information content (AvgIpc) is 3.09. The summed E-state index contributed by atoms with van der Waals surface area (Å²) in [7, 11) is 0. The first-order chi connectivity index (χ1) is 15.0. The van der Waals surface area contributed by atoms with Crippen LogP contribution in [0.25, 0.3) is 0 Å². The second-order valence-electron chi connectivity index (χ2n) is 8.30. The largest absolute Gasteiger partial charge is 0.347 e. The maximum absolute atomic E-state index is 12.6. The van der Waals surface area contributed by atoms with Gasteiger partial charge in [-0.3, -0.25) is 10.1 Å². The molecule has 0 bridgehead atoms. The number of allylic oxidation sites excluding steroid dienone is 4. The fraction of sp³-hybridized carbons (Fsp3) is 0.480. The van der Waals surface area contributed by atoms with E-state index in [4.69, 9.17) is 17.2 Å². The summed E-state index contributed by atoms with van der Waals surface area (Å²) in [5, 5.41) is 4.15. The molecule has 0 atom stereocenters. The van der Waals surface area contributed by atoms with E-state index in [0.717, 1.165) is 50.0 Å². The molecule has 1 aromatic rings. The van der Waals surface area contributed by atoms with Crippen LogP contribution in [0, 0.1) is 0 Å². The van der Waals surface area contributed by atoms with Crippen molar-refractivity contribution in [2.75, 3.05) is 19.6 Å². The first-order valence-corrected chi connectivity index (χ1v) is 11.7. The van der Waals surface area contributed by atoms with Crippen molar-refractivity contribution in [2.24, 2.45) is 4.99 Å². The maximum Gasteiger partial charge on any atom is 0.238 e. The number of likely N-dealkylation sites (tertiary alicyclic amines) is 1. The number of rotatable bonds is 6. The van der Waals surface area contributed by atoms with Gasteiger partial charge in [-0.2, -0.15) is 0 Å². The van der Waals surface area contributed by atoms with Crippen LogP contribution in [-0.2, 0) is 11.3 Å². The van der Waals surface area contributed by atoms with Crippen LogP contribution in [0.15, 0.2) is 59.1 Å². The Labute approximate surface area is 191 Å². The van der Waals surface area contributed by atoms with Crippen molar-refractivity contribution in [1.29, 1.82) is 0 Å². The molecule has 166 valence electrons. The Morgan fingerprint density at radius 1 is 1.19 bits per heavy atom. The van der Waals surface area contributed by atoms with Gasteiger partial charge in [0.1, 0.15) is 0 Å². The first-order valence-electron chi connectivity index (χ1n) is 11.3. The van der Waals surface area contributed by atoms with Gasteiger partial charge >= 0.3 is 0 Å². The van der Waals surface area contributed by atoms with E-state index in [1.165, 1.54) is 5.57 Å². The zero-order chi connectivity index (χ0) is 22.3. The molecule has 0 aliphatic carbocycles. The number of piperidine rings is 1. The average molecular weight is 439 g/mol. The summed E-state index contributed by atoms with van der Waals surface area (Å²) in [4.78, 5) is 21.5. The van der Waals surface area contributed by atoms with Crippen LogP contribution in [0.5, 0.6) is 0 Å². The van der Waals surface area contributed by atoms with Gasteiger partial charge in [-0.1, -0.05) is 61.9 Å². The molecule has 5 nitrogen and oxygen atoms in total. The minimum atomic E-state index is -0.279. The van der Waals surface area contributed by atoms with Crippen LogP contribution in [-0.4, -0.2) is 51.8 Å². The molecular weight excluding hydrogens is 404 g/mol. The van der Waals surface area contributed by atoms with Crippen molar-refractivity contribution in [2.45, 2.75) is 58.7 Å². The van der Waals surface area contributed by atoms with E-state index < -0.39 is 0 Å². The lowest BCUT2D eigenvalue weighted by Gasteiger charge is -2.45. The lowest BCUT2D eigenvalue weighted by Crippen LogP contribution is -2.58. The molecular formula is C25H34N4OS. The van der Waals surface area contributed by atoms with Crippen molar-refractivity contribution >= 4 is 28.9 Å². The van der Waals surface area contributed by atoms with Crippen LogP contribution < -0.4 is 5.32 Å². The van der Waals surface area contributed by atoms with Crippen molar-refractivity contribution in [1.82, 2.24) is 15.1 Å². The Balaban J connectivity index is 1.63. The Hall–Kier alpha value is -2.31. The van der Waals surface area contributed by atoms with Crippen molar-refractivity contribution in [3.8, 4) is 0 Å². The van der Waals surface area contributed by atoms with Gasteiger partial charge in [-0.05, 0) is 43.6 Å². The summed E-state index contributed by atoms with van der Waals surface area (Å²) >= 11 is 5.65. The summed E-state index contributed by atoms with van der Waals surface area (Å²) in [5.41, 5.74) is 3.21. The van der Waals surface area contributed by atoms with Gasteiger partial charge in [0.2, 0.25) is 5.91 Å². The molecule has 2 heterocycles. The molecule has 1 N–H and O–H groups in total. The van der Waals surface area contributed by atoms with E-state index in [1.807, 2.05) is 23.1 Å². The highest BCUT2D eigenvalue weighted by molar-refractivity contribution is 7.80. The minimum absolute atomic E-state index is 0.173. The molecule has 6 heteroatoms. The number of amides is 1. The highest BCUT2D eigenvalue weighted by Gasteiger charge is 2.46. The molecule has 2 fully saturated rings. The molecule has 31 heavy (non-hydrogen) atoms. The monoisotopic (exact) mass is 438 g/mol. The Bertz CT molecular complexity index is 867. The van der Waals surface area contributed by atoms with Gasteiger partial charge in [0.05, 0.1) is 12.2 Å². The number of hydrogen-bond acceptors (Lipinski definition) is 3. The SMILES string of the molecule is CCC(C)=C/C=C\C(CC)=NC(=S)N1CCC2(CC1)NCC(=O)N2Cc1ccccc1. The Kier molecular flexibility index (Phi) is 8.15. The quantitative estimate of drug-likeness (QED) is 0.405. The number of nitrogens with zero attached hydrogens (tertiary/aromatic N) is 3. The predicted octanol–water partition coefficient (Wildman–Crippen LogP) is 4.46. The van der Waals surface area contributed by atoms with Crippen LogP contribution in [0.1, 0.15) is 52.0 Å². The summed E-state index contributed by atoms with van der Waals surface area (Å²) < 4.78 is 0. The van der Waals surface area contributed by atoms with E-state index >= 15 is 0 Å². The minimum Gasteiger partial charge on any atom is -0.347 e. The topological polar surface area (TPSA) is 47.9 Å². The lowest BCUT2D eigenvalue weighted by atomic mass is 9.95. The molecule has 0 aromatic heterocycles. The Morgan fingerprint density at radius 2 is 1.90 bits per heavy atom. The zero-order valence-electron chi connectivity index (χ0n) is 18.9. The van der Waals surface area contributed by atoms with Crippen LogP contribution >= 0.6 is 12.2 Å². The first kappa shape index (κ1) is 23.4. The number of thiocarbonyl (C=S) groups is 1. The van der Waals surface area contributed by atoms with Gasteiger partial charge < -0.3 is 9.80 Å². The highest BCUT2D eigenvalue weighted by Crippen LogP contribution is 2.32. The van der Waals surface area contributed by atoms with Crippen molar-refractivity contribution < 1.29 is 4.79 Å². The molecule has 3 rings (SSSR count). The summed E-state index contributed by atoms with van der Waals surface area (Å²) in [6.07, 6.45) is 9.82. The van der Waals surface area contributed by atoms with E-state index in [2.05, 4.69) is 61.3 Å². The molecule has 0 radical (unpaired) electrons. The third-order valence-electron chi connectivity index (χ3n) is 6.26. The van der Waals surface area contributed by atoms with Crippen molar-refractivity contribution in [3.05, 3.63) is 59.7 Å². The van der Waals surface area contributed by atoms with Gasteiger partial charge in [0.15, 0.2) is 5.11 Å². The molecule has 2 aliphatic rings. The van der Waals surface area contributed by atoms with Crippen LogP contribution in [0.3, 0.4) is 0 Å². The van der Waals surface area contributed by atoms with E-state index in [9.17, 15) is 4.79 Å². The summed E-state index contributed by atoms with van der Waals surface area (Å²) in [6.45, 7) is 9.02. The maximum atomic E-state index is 12.6. The standard InChI is InChI=1S/C25H34N4OS/c1-4-20(3)10-9-13-22(5-2)27-24(31)28-16-14-25(15-17-28)26-18-23(30)29(25)19-21-11-7-6-8-12-21/h6-13,26H,4-5,14-19H2,1-3H3/b13-9-,20-10?,27-22?. The number of carbonyl (C=O) groups is 1. The number of carbonyl (C=O) groups excluding carboxylic acids is 1. The van der Waals surface area contributed by atoms with E-state index in [0.29, 0.717) is 18.2 Å². The van der Waals surface area contributed by atoms with E-state index in [1.54, 1.807) is 0 Å². The number of aliphatic imine (C=N–C) groups is 1. The summed E-state index contributed by atoms with van der Waals surface area (Å²) in [6, 6.07) is 10.2. The van der Waals surface area contributed by atoms with Gasteiger partial charge in [0.25, 0.3) is 0 Å². The lowest BCUT2D eigenvalue weighted by molar-refractivity contribution is -0.132. The zero-order valence-corrected chi connectivity index (χ0v) is 19.8. The molecule has 1 amide bonds. The molecule has 2 aliphatic heterocycles. The predicted molar refractivity (Wildman–Crippen MR) is 132 cm³/mol. The number of benzene rings is 1. The van der Waals surface area contributed by atoms with Crippen molar-refractivity contribution in [3.63, 3.8) is 0 Å². The second-order valence-corrected chi connectivity index (χ2v) is 8.67. The van der Waals surface area contributed by atoms with Crippen LogP contribution in [0.4, 0.5) is 0 Å². The smallest absolute Gasteiger partial charge is 0.238 e. The van der Waals surface area contributed by atoms with Gasteiger partial charge in [0, 0.05) is 38.2 Å². The molecule has 0 saturated carbocycles. The molecule has 1 aromatic carbocycles. The van der Waals surface area contributed by atoms with Gasteiger partial charge in [-0.15, -0.1) is 0 Å². The normalized spacial score (nSPS) is 19.6. The van der Waals surface area contributed by atoms with E-state index in [-0.39, 0.29) is 11.6 Å².